The van der Waals surface area contributed by atoms with Gasteiger partial charge in [0.1, 0.15) is 6.33 Å². The quantitative estimate of drug-likeness (QED) is 0.423. The molecule has 176 valence electrons. The lowest BCUT2D eigenvalue weighted by Gasteiger charge is -2.57. The fourth-order valence-corrected chi connectivity index (χ4v) is 6.65. The van der Waals surface area contributed by atoms with Crippen molar-refractivity contribution in [3.63, 3.8) is 0 Å². The molecule has 0 radical (unpaired) electrons. The number of ether oxygens (including phenoxy) is 2. The van der Waals surface area contributed by atoms with Gasteiger partial charge in [-0.05, 0) is 80.4 Å². The molecule has 4 aliphatic rings. The minimum absolute atomic E-state index is 0.0647. The fourth-order valence-electron chi connectivity index (χ4n) is 6.65. The van der Waals surface area contributed by atoms with Crippen molar-refractivity contribution in [2.45, 2.75) is 50.5 Å². The fraction of sp³-hybridized carbons (Fsp3) is 0.583. The van der Waals surface area contributed by atoms with Gasteiger partial charge in [-0.25, -0.2) is 9.97 Å². The van der Waals surface area contributed by atoms with Crippen LogP contribution in [0.4, 0.5) is 17.3 Å². The number of hydrogen-bond acceptors (Lipinski definition) is 8. The van der Waals surface area contributed by atoms with Crippen LogP contribution in [0.3, 0.4) is 0 Å². The Morgan fingerprint density at radius 2 is 1.67 bits per heavy atom. The van der Waals surface area contributed by atoms with Crippen molar-refractivity contribution in [3.8, 4) is 11.5 Å². The second-order valence-corrected chi connectivity index (χ2v) is 9.87. The van der Waals surface area contributed by atoms with Crippen molar-refractivity contribution in [2.24, 2.45) is 17.8 Å². The molecule has 2 N–H and O–H groups in total. The van der Waals surface area contributed by atoms with Crippen LogP contribution in [0.15, 0.2) is 24.5 Å². The summed E-state index contributed by atoms with van der Waals surface area (Å²) >= 11 is 0. The topological polar surface area (TPSA) is 111 Å². The minimum Gasteiger partial charge on any atom is -0.493 e. The highest BCUT2D eigenvalue weighted by atomic mass is 16.6. The Balaban J connectivity index is 1.31. The third-order valence-electron chi connectivity index (χ3n) is 7.58. The van der Waals surface area contributed by atoms with E-state index in [0.717, 1.165) is 42.6 Å². The largest absolute Gasteiger partial charge is 0.493 e. The highest BCUT2D eigenvalue weighted by Crippen LogP contribution is 2.57. The molecule has 4 bridgehead atoms. The molecule has 1 aromatic carbocycles. The number of anilines is 2. The summed E-state index contributed by atoms with van der Waals surface area (Å²) in [5.41, 5.74) is 0.898. The molecule has 0 unspecified atom stereocenters. The first-order valence-electron chi connectivity index (χ1n) is 11.7. The maximum atomic E-state index is 12.0. The number of nitrogens with zero attached hydrogens (tertiary/aromatic N) is 3. The molecular weight excluding hydrogens is 422 g/mol. The van der Waals surface area contributed by atoms with Crippen molar-refractivity contribution < 1.29 is 14.4 Å². The Kier molecular flexibility index (Phi) is 5.72. The first kappa shape index (κ1) is 21.7. The maximum Gasteiger partial charge on any atom is 0.353 e. The molecule has 0 aliphatic heterocycles. The van der Waals surface area contributed by atoms with Crippen molar-refractivity contribution in [2.75, 3.05) is 31.4 Å². The second kappa shape index (κ2) is 8.68. The first-order chi connectivity index (χ1) is 16.0. The van der Waals surface area contributed by atoms with Crippen LogP contribution < -0.4 is 20.1 Å². The van der Waals surface area contributed by atoms with E-state index in [-0.39, 0.29) is 22.0 Å². The van der Waals surface area contributed by atoms with Crippen LogP contribution in [0.25, 0.3) is 0 Å². The zero-order chi connectivity index (χ0) is 23.0. The molecule has 0 saturated heterocycles. The van der Waals surface area contributed by atoms with Crippen LogP contribution in [-0.4, -0.2) is 41.2 Å². The van der Waals surface area contributed by atoms with Gasteiger partial charge in [-0.2, -0.15) is 0 Å². The van der Waals surface area contributed by atoms with Crippen LogP contribution in [0.1, 0.15) is 44.1 Å². The number of benzene rings is 1. The smallest absolute Gasteiger partial charge is 0.353 e. The van der Waals surface area contributed by atoms with E-state index < -0.39 is 0 Å². The summed E-state index contributed by atoms with van der Waals surface area (Å²) in [4.78, 5) is 20.2. The molecule has 0 amide bonds. The Morgan fingerprint density at radius 3 is 2.27 bits per heavy atom. The highest BCUT2D eigenvalue weighted by molar-refractivity contribution is 5.70. The third kappa shape index (κ3) is 4.28. The number of nitrogens with one attached hydrogen (secondary N) is 2. The summed E-state index contributed by atoms with van der Waals surface area (Å²) in [6.07, 6.45) is 9.27. The molecule has 1 aromatic heterocycles. The van der Waals surface area contributed by atoms with E-state index in [0.29, 0.717) is 30.3 Å². The predicted octanol–water partition coefficient (Wildman–Crippen LogP) is 4.44. The van der Waals surface area contributed by atoms with Gasteiger partial charge in [-0.3, -0.25) is 10.1 Å². The summed E-state index contributed by atoms with van der Waals surface area (Å²) in [6.45, 7) is 0.490. The second-order valence-electron chi connectivity index (χ2n) is 9.87. The van der Waals surface area contributed by atoms with Crippen LogP contribution in [0.5, 0.6) is 11.5 Å². The summed E-state index contributed by atoms with van der Waals surface area (Å²) in [5.74, 6) is 4.13. The molecule has 9 nitrogen and oxygen atoms in total. The van der Waals surface area contributed by atoms with Gasteiger partial charge < -0.3 is 20.1 Å². The number of rotatable bonds is 9. The molecule has 4 saturated carbocycles. The van der Waals surface area contributed by atoms with Gasteiger partial charge in [0.2, 0.25) is 11.6 Å². The Bertz CT molecular complexity index is 1010. The molecule has 0 atom stereocenters. The third-order valence-corrected chi connectivity index (χ3v) is 7.58. The van der Waals surface area contributed by atoms with E-state index in [4.69, 9.17) is 9.47 Å². The number of aromatic nitrogens is 2. The van der Waals surface area contributed by atoms with E-state index in [1.54, 1.807) is 14.2 Å². The van der Waals surface area contributed by atoms with Crippen LogP contribution in [0, 0.1) is 27.9 Å². The van der Waals surface area contributed by atoms with Crippen molar-refractivity contribution in [1.82, 2.24) is 9.97 Å². The van der Waals surface area contributed by atoms with Gasteiger partial charge >= 0.3 is 5.69 Å². The van der Waals surface area contributed by atoms with Gasteiger partial charge in [-0.1, -0.05) is 6.07 Å². The SMILES string of the molecule is COc1ccc(CCNc2ncnc(NC34CC5CC(CC(C5)C3)C4)c2[N+](=O)[O-])cc1OC. The van der Waals surface area contributed by atoms with E-state index in [1.807, 2.05) is 18.2 Å². The highest BCUT2D eigenvalue weighted by Gasteiger charge is 2.51. The average Bonchev–Trinajstić information content (AvgIpc) is 2.77. The molecule has 1 heterocycles. The summed E-state index contributed by atoms with van der Waals surface area (Å²) < 4.78 is 10.6. The molecule has 0 spiro atoms. The number of hydrogen-bond donors (Lipinski definition) is 2. The lowest BCUT2D eigenvalue weighted by atomic mass is 9.53. The summed E-state index contributed by atoms with van der Waals surface area (Å²) in [5, 5.41) is 18.7. The van der Waals surface area contributed by atoms with Crippen LogP contribution in [-0.2, 0) is 6.42 Å². The zero-order valence-corrected chi connectivity index (χ0v) is 19.2. The zero-order valence-electron chi connectivity index (χ0n) is 19.2. The minimum atomic E-state index is -0.373. The monoisotopic (exact) mass is 453 g/mol. The predicted molar refractivity (Wildman–Crippen MR) is 125 cm³/mol. The van der Waals surface area contributed by atoms with Crippen LogP contribution >= 0.6 is 0 Å². The van der Waals surface area contributed by atoms with E-state index >= 15 is 0 Å². The summed E-state index contributed by atoms with van der Waals surface area (Å²) in [7, 11) is 3.20. The van der Waals surface area contributed by atoms with Crippen molar-refractivity contribution >= 4 is 17.3 Å². The van der Waals surface area contributed by atoms with E-state index in [9.17, 15) is 10.1 Å². The molecule has 33 heavy (non-hydrogen) atoms. The Labute approximate surface area is 193 Å². The van der Waals surface area contributed by atoms with Crippen LogP contribution in [0.2, 0.25) is 0 Å². The van der Waals surface area contributed by atoms with E-state index in [1.165, 1.54) is 25.6 Å². The van der Waals surface area contributed by atoms with Crippen molar-refractivity contribution in [3.05, 3.63) is 40.2 Å². The molecular formula is C24H31N5O4. The average molecular weight is 454 g/mol. The summed E-state index contributed by atoms with van der Waals surface area (Å²) in [6, 6.07) is 5.72. The lowest BCUT2D eigenvalue weighted by molar-refractivity contribution is -0.383. The Hall–Kier alpha value is -3.10. The molecule has 6 rings (SSSR count). The standard InChI is InChI=1S/C24H31N5O4/c1-32-19-4-3-15(10-20(19)33-2)5-6-25-22-21(29(30)31)23(27-14-26-22)28-24-11-16-7-17(12-24)9-18(8-16)13-24/h3-4,10,14,16-18H,5-9,11-13H2,1-2H3,(H2,25,26,27,28). The Morgan fingerprint density at radius 1 is 1.03 bits per heavy atom. The maximum absolute atomic E-state index is 12.0. The van der Waals surface area contributed by atoms with Gasteiger partial charge in [0.15, 0.2) is 11.5 Å². The molecule has 2 aromatic rings. The van der Waals surface area contributed by atoms with E-state index in [2.05, 4.69) is 20.6 Å². The lowest BCUT2D eigenvalue weighted by Crippen LogP contribution is -2.55. The first-order valence-corrected chi connectivity index (χ1v) is 11.7. The van der Waals surface area contributed by atoms with Gasteiger partial charge in [0.05, 0.1) is 19.1 Å². The van der Waals surface area contributed by atoms with Crippen molar-refractivity contribution in [1.29, 1.82) is 0 Å². The van der Waals surface area contributed by atoms with Gasteiger partial charge in [0, 0.05) is 12.1 Å². The number of nitro groups is 1. The number of methoxy groups -OCH3 is 2. The molecule has 4 aliphatic carbocycles. The molecule has 4 fully saturated rings. The van der Waals surface area contributed by atoms with Gasteiger partial charge in [0.25, 0.3) is 0 Å². The normalized spacial score (nSPS) is 27.3. The molecule has 9 heteroatoms. The van der Waals surface area contributed by atoms with Gasteiger partial charge in [-0.15, -0.1) is 0 Å².